The number of unbranched alkanes of at least 4 members (excludes halogenated alkanes) is 5. The smallest absolute Gasteiger partial charge is 0.282 e. The summed E-state index contributed by atoms with van der Waals surface area (Å²) in [6, 6.07) is 0. The Labute approximate surface area is 96.7 Å². The van der Waals surface area contributed by atoms with E-state index in [0.717, 1.165) is 12.8 Å². The van der Waals surface area contributed by atoms with Crippen LogP contribution in [0, 0.1) is 0 Å². The zero-order chi connectivity index (χ0) is 12.0. The molecular weight excluding hydrogens is 204 g/mol. The fourth-order valence-electron chi connectivity index (χ4n) is 1.74. The van der Waals surface area contributed by atoms with Gasteiger partial charge in [0.1, 0.15) is 5.71 Å². The van der Waals surface area contributed by atoms with Crippen LogP contribution >= 0.6 is 0 Å². The third kappa shape index (κ3) is 3.43. The predicted octanol–water partition coefficient (Wildman–Crippen LogP) is 2.13. The van der Waals surface area contributed by atoms with E-state index in [4.69, 9.17) is 0 Å². The molecule has 0 spiro atoms. The molecule has 16 heavy (non-hydrogen) atoms. The molecule has 1 aliphatic heterocycles. The van der Waals surface area contributed by atoms with Gasteiger partial charge in [0.2, 0.25) is 0 Å². The standard InChI is InChI=1S/C12H20N2O2/c1-3-4-5-6-7-8-9-14-12(16)11(15)10(2)13-14/h3-9H2,1-2H3. The highest BCUT2D eigenvalue weighted by Crippen LogP contribution is 2.09. The average molecular weight is 224 g/mol. The minimum Gasteiger partial charge on any atom is -0.282 e. The Morgan fingerprint density at radius 2 is 1.69 bits per heavy atom. The van der Waals surface area contributed by atoms with Gasteiger partial charge in [-0.15, -0.1) is 0 Å². The lowest BCUT2D eigenvalue weighted by Crippen LogP contribution is -2.27. The Bertz CT molecular complexity index is 297. The summed E-state index contributed by atoms with van der Waals surface area (Å²) in [6.45, 7) is 4.35. The van der Waals surface area contributed by atoms with Crippen molar-refractivity contribution in [3.8, 4) is 0 Å². The molecule has 0 fully saturated rings. The number of hydrazone groups is 1. The van der Waals surface area contributed by atoms with Gasteiger partial charge < -0.3 is 0 Å². The van der Waals surface area contributed by atoms with Gasteiger partial charge in [-0.05, 0) is 13.3 Å². The van der Waals surface area contributed by atoms with Crippen molar-refractivity contribution in [3.63, 3.8) is 0 Å². The van der Waals surface area contributed by atoms with Gasteiger partial charge in [0.25, 0.3) is 5.78 Å². The molecular formula is C12H20N2O2. The number of rotatable bonds is 7. The second-order valence-electron chi connectivity index (χ2n) is 4.21. The van der Waals surface area contributed by atoms with Gasteiger partial charge in [-0.2, -0.15) is 5.10 Å². The van der Waals surface area contributed by atoms with Gasteiger partial charge in [0.05, 0.1) is 0 Å². The molecule has 4 nitrogen and oxygen atoms in total. The Balaban J connectivity index is 2.15. The molecule has 1 rings (SSSR count). The summed E-state index contributed by atoms with van der Waals surface area (Å²) in [7, 11) is 0. The van der Waals surface area contributed by atoms with Gasteiger partial charge in [0, 0.05) is 6.54 Å². The maximum atomic E-state index is 11.3. The fraction of sp³-hybridized carbons (Fsp3) is 0.750. The summed E-state index contributed by atoms with van der Waals surface area (Å²) in [5.41, 5.74) is 0.316. The first-order valence-electron chi connectivity index (χ1n) is 6.08. The highest BCUT2D eigenvalue weighted by molar-refractivity contribution is 6.66. The summed E-state index contributed by atoms with van der Waals surface area (Å²) in [5, 5.41) is 5.24. The SMILES string of the molecule is CCCCCCCCN1N=C(C)C(=O)C1=O. The van der Waals surface area contributed by atoms with E-state index >= 15 is 0 Å². The minimum absolute atomic E-state index is 0.316. The van der Waals surface area contributed by atoms with Crippen LogP contribution in [-0.2, 0) is 9.59 Å². The number of Topliss-reactive ketones (excluding diaryl/α,β-unsaturated/α-hetero) is 1. The maximum absolute atomic E-state index is 11.3. The molecule has 0 atom stereocenters. The molecule has 0 radical (unpaired) electrons. The Morgan fingerprint density at radius 3 is 2.25 bits per heavy atom. The van der Waals surface area contributed by atoms with Crippen LogP contribution in [0.4, 0.5) is 0 Å². The molecule has 1 amide bonds. The average Bonchev–Trinajstić information content (AvgIpc) is 2.51. The number of hydrogen-bond acceptors (Lipinski definition) is 3. The molecule has 90 valence electrons. The summed E-state index contributed by atoms with van der Waals surface area (Å²) in [6.07, 6.45) is 7.01. The van der Waals surface area contributed by atoms with E-state index in [1.807, 2.05) is 0 Å². The molecule has 0 saturated heterocycles. The molecule has 1 heterocycles. The molecule has 0 aliphatic carbocycles. The van der Waals surface area contributed by atoms with E-state index in [2.05, 4.69) is 12.0 Å². The Morgan fingerprint density at radius 1 is 1.06 bits per heavy atom. The van der Waals surface area contributed by atoms with Crippen molar-refractivity contribution in [3.05, 3.63) is 0 Å². The number of hydrogen-bond donors (Lipinski definition) is 0. The van der Waals surface area contributed by atoms with Crippen LogP contribution in [0.1, 0.15) is 52.4 Å². The summed E-state index contributed by atoms with van der Waals surface area (Å²) < 4.78 is 0. The highest BCUT2D eigenvalue weighted by atomic mass is 16.2. The summed E-state index contributed by atoms with van der Waals surface area (Å²) in [5.74, 6) is -0.919. The van der Waals surface area contributed by atoms with Crippen LogP contribution in [0.25, 0.3) is 0 Å². The maximum Gasteiger partial charge on any atom is 0.316 e. The van der Waals surface area contributed by atoms with Gasteiger partial charge in [-0.3, -0.25) is 9.59 Å². The molecule has 1 aliphatic rings. The van der Waals surface area contributed by atoms with E-state index in [0.29, 0.717) is 12.3 Å². The van der Waals surface area contributed by atoms with Crippen molar-refractivity contribution in [2.45, 2.75) is 52.4 Å². The topological polar surface area (TPSA) is 49.7 Å². The van der Waals surface area contributed by atoms with Crippen molar-refractivity contribution >= 4 is 17.4 Å². The van der Waals surface area contributed by atoms with Crippen LogP contribution in [-0.4, -0.2) is 29.0 Å². The zero-order valence-corrected chi connectivity index (χ0v) is 10.2. The first kappa shape index (κ1) is 12.9. The van der Waals surface area contributed by atoms with Crippen molar-refractivity contribution in [1.82, 2.24) is 5.01 Å². The quantitative estimate of drug-likeness (QED) is 0.491. The van der Waals surface area contributed by atoms with Crippen LogP contribution in [0.15, 0.2) is 5.10 Å². The first-order valence-corrected chi connectivity index (χ1v) is 6.08. The minimum atomic E-state index is -0.467. The Hall–Kier alpha value is -1.19. The first-order chi connectivity index (χ1) is 7.66. The van der Waals surface area contributed by atoms with Gasteiger partial charge in [-0.25, -0.2) is 5.01 Å². The number of ketones is 1. The molecule has 0 N–H and O–H groups in total. The van der Waals surface area contributed by atoms with Gasteiger partial charge >= 0.3 is 5.91 Å². The summed E-state index contributed by atoms with van der Waals surface area (Å²) in [4.78, 5) is 22.5. The second-order valence-corrected chi connectivity index (χ2v) is 4.21. The third-order valence-electron chi connectivity index (χ3n) is 2.75. The molecule has 0 bridgehead atoms. The van der Waals surface area contributed by atoms with Crippen molar-refractivity contribution in [2.75, 3.05) is 6.54 Å². The van der Waals surface area contributed by atoms with E-state index in [9.17, 15) is 9.59 Å². The fourth-order valence-corrected chi connectivity index (χ4v) is 1.74. The number of amides is 1. The highest BCUT2D eigenvalue weighted by Gasteiger charge is 2.30. The lowest BCUT2D eigenvalue weighted by atomic mass is 10.1. The van der Waals surface area contributed by atoms with Crippen LogP contribution in [0.5, 0.6) is 0 Å². The third-order valence-corrected chi connectivity index (χ3v) is 2.75. The molecule has 0 aromatic rings. The number of carbonyl (C=O) groups excluding carboxylic acids is 2. The second kappa shape index (κ2) is 6.40. The Kier molecular flexibility index (Phi) is 5.15. The molecule has 0 aromatic heterocycles. The number of carbonyl (C=O) groups is 2. The van der Waals surface area contributed by atoms with Crippen molar-refractivity contribution in [2.24, 2.45) is 5.10 Å². The van der Waals surface area contributed by atoms with E-state index in [-0.39, 0.29) is 0 Å². The van der Waals surface area contributed by atoms with Crippen LogP contribution in [0.3, 0.4) is 0 Å². The monoisotopic (exact) mass is 224 g/mol. The van der Waals surface area contributed by atoms with Gasteiger partial charge in [-0.1, -0.05) is 39.0 Å². The largest absolute Gasteiger partial charge is 0.316 e. The summed E-state index contributed by atoms with van der Waals surface area (Å²) >= 11 is 0. The van der Waals surface area contributed by atoms with Crippen molar-refractivity contribution < 1.29 is 9.59 Å². The number of nitrogens with zero attached hydrogens (tertiary/aromatic N) is 2. The lowest BCUT2D eigenvalue weighted by molar-refractivity contribution is -0.139. The van der Waals surface area contributed by atoms with Crippen LogP contribution < -0.4 is 0 Å². The van der Waals surface area contributed by atoms with E-state index in [1.165, 1.54) is 30.7 Å². The van der Waals surface area contributed by atoms with Gasteiger partial charge in [0.15, 0.2) is 0 Å². The molecule has 0 aromatic carbocycles. The molecule has 0 saturated carbocycles. The van der Waals surface area contributed by atoms with Crippen molar-refractivity contribution in [1.29, 1.82) is 0 Å². The zero-order valence-electron chi connectivity index (χ0n) is 10.2. The predicted molar refractivity (Wildman–Crippen MR) is 63.2 cm³/mol. The lowest BCUT2D eigenvalue weighted by Gasteiger charge is -2.09. The molecule has 4 heteroatoms. The van der Waals surface area contributed by atoms with Crippen LogP contribution in [0.2, 0.25) is 0 Å². The van der Waals surface area contributed by atoms with E-state index < -0.39 is 11.7 Å². The molecule has 0 unspecified atom stereocenters. The van der Waals surface area contributed by atoms with E-state index in [1.54, 1.807) is 6.92 Å². The normalized spacial score (nSPS) is 15.9.